The van der Waals surface area contributed by atoms with Crippen LogP contribution in [0, 0.1) is 0 Å². The Balaban J connectivity index is 2.26. The molecule has 0 bridgehead atoms. The van der Waals surface area contributed by atoms with Gasteiger partial charge >= 0.3 is 8.56 Å². The van der Waals surface area contributed by atoms with E-state index in [1.807, 2.05) is 0 Å². The lowest BCUT2D eigenvalue weighted by Gasteiger charge is -2.26. The van der Waals surface area contributed by atoms with Gasteiger partial charge in [0.1, 0.15) is 0 Å². The number of hydrogen-bond acceptors (Lipinski definition) is 2. The van der Waals surface area contributed by atoms with Gasteiger partial charge in [0, 0.05) is 13.2 Å². The quantitative estimate of drug-likeness (QED) is 0.466. The zero-order valence-corrected chi connectivity index (χ0v) is 11.4. The molecule has 2 nitrogen and oxygen atoms in total. The van der Waals surface area contributed by atoms with E-state index in [4.69, 9.17) is 8.85 Å². The number of unbranched alkanes of at least 4 members (excludes halogenated alkanes) is 2. The van der Waals surface area contributed by atoms with Gasteiger partial charge in [0.25, 0.3) is 0 Å². The fraction of sp³-hybridized carbons (Fsp3) is 1.00. The van der Waals surface area contributed by atoms with Crippen LogP contribution in [0.25, 0.3) is 0 Å². The summed E-state index contributed by atoms with van der Waals surface area (Å²) in [6, 6.07) is 2.47. The first kappa shape index (κ1) is 13.2. The zero-order chi connectivity index (χ0) is 11.0. The Kier molecular flexibility index (Phi) is 6.53. The van der Waals surface area contributed by atoms with E-state index in [1.165, 1.54) is 50.6 Å². The van der Waals surface area contributed by atoms with Crippen LogP contribution in [0.2, 0.25) is 12.1 Å². The topological polar surface area (TPSA) is 18.5 Å². The maximum Gasteiger partial charge on any atom is 0.338 e. The summed E-state index contributed by atoms with van der Waals surface area (Å²) in [4.78, 5) is 0. The van der Waals surface area contributed by atoms with Gasteiger partial charge in [-0.25, -0.2) is 0 Å². The minimum absolute atomic E-state index is 0.925. The summed E-state index contributed by atoms with van der Waals surface area (Å²) >= 11 is 0. The van der Waals surface area contributed by atoms with Gasteiger partial charge in [-0.1, -0.05) is 39.5 Å². The molecule has 0 aromatic heterocycles. The number of hydrogen-bond donors (Lipinski definition) is 0. The highest BCUT2D eigenvalue weighted by Gasteiger charge is 2.40. The van der Waals surface area contributed by atoms with E-state index in [0.29, 0.717) is 0 Å². The van der Waals surface area contributed by atoms with Crippen LogP contribution in [0.5, 0.6) is 0 Å². The Labute approximate surface area is 95.6 Å². The van der Waals surface area contributed by atoms with Crippen LogP contribution >= 0.6 is 0 Å². The predicted molar refractivity (Wildman–Crippen MR) is 66.3 cm³/mol. The molecule has 1 aliphatic heterocycles. The van der Waals surface area contributed by atoms with Crippen LogP contribution in [0.4, 0.5) is 0 Å². The summed E-state index contributed by atoms with van der Waals surface area (Å²) < 4.78 is 12.2. The van der Waals surface area contributed by atoms with Gasteiger partial charge in [0.05, 0.1) is 0 Å². The second-order valence-corrected chi connectivity index (χ2v) is 7.92. The highest BCUT2D eigenvalue weighted by Crippen LogP contribution is 2.32. The SMILES string of the molecule is CCCCO[Si]1(OCCCC)CCCC1. The average molecular weight is 230 g/mol. The maximum absolute atomic E-state index is 6.09. The Bertz CT molecular complexity index is 144. The highest BCUT2D eigenvalue weighted by molar-refractivity contribution is 6.68. The van der Waals surface area contributed by atoms with E-state index in [-0.39, 0.29) is 0 Å². The summed E-state index contributed by atoms with van der Waals surface area (Å²) in [6.07, 6.45) is 7.46. The summed E-state index contributed by atoms with van der Waals surface area (Å²) in [5.41, 5.74) is 0. The van der Waals surface area contributed by atoms with E-state index >= 15 is 0 Å². The van der Waals surface area contributed by atoms with E-state index in [9.17, 15) is 0 Å². The smallest absolute Gasteiger partial charge is 0.338 e. The van der Waals surface area contributed by atoms with Gasteiger partial charge in [0.2, 0.25) is 0 Å². The van der Waals surface area contributed by atoms with Crippen molar-refractivity contribution in [2.75, 3.05) is 13.2 Å². The van der Waals surface area contributed by atoms with Crippen LogP contribution in [0.1, 0.15) is 52.4 Å². The third kappa shape index (κ3) is 4.66. The molecule has 90 valence electrons. The van der Waals surface area contributed by atoms with E-state index < -0.39 is 8.56 Å². The first-order valence-corrected chi connectivity index (χ1v) is 8.84. The molecule has 3 heteroatoms. The Morgan fingerprint density at radius 2 is 1.33 bits per heavy atom. The number of rotatable bonds is 8. The van der Waals surface area contributed by atoms with Gasteiger partial charge in [-0.15, -0.1) is 0 Å². The van der Waals surface area contributed by atoms with Crippen molar-refractivity contribution >= 4 is 8.56 Å². The molecule has 0 radical (unpaired) electrons. The molecule has 1 heterocycles. The predicted octanol–water partition coefficient (Wildman–Crippen LogP) is 3.86. The second kappa shape index (κ2) is 7.42. The lowest BCUT2D eigenvalue weighted by Crippen LogP contribution is -2.39. The van der Waals surface area contributed by atoms with E-state index in [1.54, 1.807) is 0 Å². The molecular weight excluding hydrogens is 204 g/mol. The van der Waals surface area contributed by atoms with Crippen molar-refractivity contribution in [1.82, 2.24) is 0 Å². The molecule has 1 rings (SSSR count). The fourth-order valence-electron chi connectivity index (χ4n) is 2.05. The van der Waals surface area contributed by atoms with Crippen LogP contribution in [0.15, 0.2) is 0 Å². The van der Waals surface area contributed by atoms with Gasteiger partial charge in [-0.2, -0.15) is 0 Å². The molecule has 0 amide bonds. The molecule has 0 N–H and O–H groups in total. The lowest BCUT2D eigenvalue weighted by atomic mass is 10.4. The molecule has 0 atom stereocenters. The monoisotopic (exact) mass is 230 g/mol. The normalized spacial score (nSPS) is 19.6. The molecule has 1 aliphatic rings. The fourth-order valence-corrected chi connectivity index (χ4v) is 5.57. The van der Waals surface area contributed by atoms with Crippen molar-refractivity contribution in [3.8, 4) is 0 Å². The van der Waals surface area contributed by atoms with Crippen molar-refractivity contribution in [3.05, 3.63) is 0 Å². The van der Waals surface area contributed by atoms with Crippen molar-refractivity contribution in [2.45, 2.75) is 64.5 Å². The molecule has 15 heavy (non-hydrogen) atoms. The zero-order valence-electron chi connectivity index (χ0n) is 10.4. The third-order valence-corrected chi connectivity index (χ3v) is 6.78. The van der Waals surface area contributed by atoms with Crippen LogP contribution in [-0.2, 0) is 8.85 Å². The van der Waals surface area contributed by atoms with Gasteiger partial charge in [-0.3, -0.25) is 0 Å². The van der Waals surface area contributed by atoms with Crippen molar-refractivity contribution < 1.29 is 8.85 Å². The minimum atomic E-state index is -1.71. The maximum atomic E-state index is 6.09. The lowest BCUT2D eigenvalue weighted by molar-refractivity contribution is 0.168. The van der Waals surface area contributed by atoms with Crippen LogP contribution in [0.3, 0.4) is 0 Å². The first-order valence-electron chi connectivity index (χ1n) is 6.61. The van der Waals surface area contributed by atoms with Gasteiger partial charge in [-0.05, 0) is 24.9 Å². The Morgan fingerprint density at radius 3 is 1.73 bits per heavy atom. The molecule has 0 spiro atoms. The molecule has 0 aromatic carbocycles. The second-order valence-electron chi connectivity index (χ2n) is 4.52. The van der Waals surface area contributed by atoms with Gasteiger partial charge < -0.3 is 8.85 Å². The summed E-state index contributed by atoms with van der Waals surface area (Å²) in [6.45, 7) is 6.28. The molecule has 1 fully saturated rings. The molecule has 1 saturated heterocycles. The Hall–Kier alpha value is 0.137. The van der Waals surface area contributed by atoms with Gasteiger partial charge in [0.15, 0.2) is 0 Å². The van der Waals surface area contributed by atoms with E-state index in [2.05, 4.69) is 13.8 Å². The van der Waals surface area contributed by atoms with Crippen molar-refractivity contribution in [2.24, 2.45) is 0 Å². The highest BCUT2D eigenvalue weighted by atomic mass is 28.4. The minimum Gasteiger partial charge on any atom is -0.394 e. The molecule has 0 saturated carbocycles. The van der Waals surface area contributed by atoms with Crippen LogP contribution in [-0.4, -0.2) is 21.8 Å². The third-order valence-electron chi connectivity index (χ3n) is 3.09. The molecule has 0 aromatic rings. The standard InChI is InChI=1S/C12H26O2Si/c1-3-5-9-13-15(11-7-8-12-15)14-10-6-4-2/h3-12H2,1-2H3. The van der Waals surface area contributed by atoms with Crippen molar-refractivity contribution in [1.29, 1.82) is 0 Å². The summed E-state index contributed by atoms with van der Waals surface area (Å²) in [5, 5.41) is 0. The average Bonchev–Trinajstić information content (AvgIpc) is 2.68. The first-order chi connectivity index (χ1) is 7.33. The summed E-state index contributed by atoms with van der Waals surface area (Å²) in [7, 11) is -1.71. The molecule has 0 aliphatic carbocycles. The molecular formula is C12H26O2Si. The largest absolute Gasteiger partial charge is 0.394 e. The van der Waals surface area contributed by atoms with E-state index in [0.717, 1.165) is 13.2 Å². The Morgan fingerprint density at radius 1 is 0.867 bits per heavy atom. The summed E-state index contributed by atoms with van der Waals surface area (Å²) in [5.74, 6) is 0. The van der Waals surface area contributed by atoms with Crippen LogP contribution < -0.4 is 0 Å². The molecule has 0 unspecified atom stereocenters. The van der Waals surface area contributed by atoms with Crippen molar-refractivity contribution in [3.63, 3.8) is 0 Å².